The van der Waals surface area contributed by atoms with Gasteiger partial charge >= 0.3 is 17.8 Å². The van der Waals surface area contributed by atoms with Crippen LogP contribution in [0.1, 0.15) is 22.6 Å². The van der Waals surface area contributed by atoms with Crippen LogP contribution >= 0.6 is 0 Å². The SMILES string of the molecule is Cc1oc2ccccc2c1C1=C(c2c(C)oc3ccccc23)C(F)(F)C(F)(F)C1(F)F. The van der Waals surface area contributed by atoms with Gasteiger partial charge in [0.2, 0.25) is 0 Å². The molecule has 0 atom stereocenters. The molecule has 2 aromatic heterocycles. The van der Waals surface area contributed by atoms with E-state index in [4.69, 9.17) is 8.83 Å². The fourth-order valence-electron chi connectivity index (χ4n) is 4.35. The number of hydrogen-bond donors (Lipinski definition) is 0. The number of hydrogen-bond acceptors (Lipinski definition) is 2. The van der Waals surface area contributed by atoms with Crippen molar-refractivity contribution >= 4 is 33.1 Å². The highest BCUT2D eigenvalue weighted by Crippen LogP contribution is 2.66. The van der Waals surface area contributed by atoms with E-state index in [1.807, 2.05) is 0 Å². The van der Waals surface area contributed by atoms with Crippen LogP contribution in [0.3, 0.4) is 0 Å². The van der Waals surface area contributed by atoms with Crippen molar-refractivity contribution in [2.24, 2.45) is 0 Å². The Morgan fingerprint density at radius 1 is 0.581 bits per heavy atom. The molecule has 2 nitrogen and oxygen atoms in total. The van der Waals surface area contributed by atoms with Crippen molar-refractivity contribution in [3.05, 3.63) is 71.2 Å². The van der Waals surface area contributed by atoms with E-state index in [9.17, 15) is 8.78 Å². The molecule has 160 valence electrons. The number of fused-ring (bicyclic) bond motifs is 2. The van der Waals surface area contributed by atoms with E-state index in [2.05, 4.69) is 0 Å². The first-order valence-electron chi connectivity index (χ1n) is 9.36. The number of para-hydroxylation sites is 2. The third-order valence-electron chi connectivity index (χ3n) is 5.71. The van der Waals surface area contributed by atoms with E-state index >= 15 is 17.6 Å². The molecule has 0 amide bonds. The minimum Gasteiger partial charge on any atom is -0.461 e. The number of halogens is 6. The van der Waals surface area contributed by atoms with Gasteiger partial charge in [-0.05, 0) is 26.0 Å². The Balaban J connectivity index is 2.00. The Kier molecular flexibility index (Phi) is 3.80. The lowest BCUT2D eigenvalue weighted by atomic mass is 9.91. The predicted molar refractivity (Wildman–Crippen MR) is 104 cm³/mol. The molecule has 8 heteroatoms. The number of furan rings is 2. The lowest BCUT2D eigenvalue weighted by molar-refractivity contribution is -0.254. The highest BCUT2D eigenvalue weighted by atomic mass is 19.3. The van der Waals surface area contributed by atoms with E-state index in [1.165, 1.54) is 50.2 Å². The molecule has 0 bridgehead atoms. The smallest absolute Gasteiger partial charge is 0.380 e. The van der Waals surface area contributed by atoms with E-state index in [1.54, 1.807) is 12.1 Å². The third-order valence-corrected chi connectivity index (χ3v) is 5.71. The van der Waals surface area contributed by atoms with E-state index in [0.29, 0.717) is 0 Å². The number of allylic oxidation sites excluding steroid dienone is 2. The maximum Gasteiger partial charge on any atom is 0.380 e. The van der Waals surface area contributed by atoms with Crippen molar-refractivity contribution < 1.29 is 35.2 Å². The van der Waals surface area contributed by atoms with Crippen LogP contribution < -0.4 is 0 Å². The molecule has 5 rings (SSSR count). The van der Waals surface area contributed by atoms with Gasteiger partial charge in [-0.3, -0.25) is 0 Å². The van der Waals surface area contributed by atoms with Crippen LogP contribution in [0, 0.1) is 13.8 Å². The molecule has 0 unspecified atom stereocenters. The molecule has 0 saturated carbocycles. The molecule has 0 N–H and O–H groups in total. The summed E-state index contributed by atoms with van der Waals surface area (Å²) in [5.41, 5.74) is -3.55. The molecule has 2 aromatic carbocycles. The van der Waals surface area contributed by atoms with E-state index < -0.39 is 40.0 Å². The summed E-state index contributed by atoms with van der Waals surface area (Å²) >= 11 is 0. The molecule has 0 spiro atoms. The molecular formula is C23H14F6O2. The molecular weight excluding hydrogens is 422 g/mol. The van der Waals surface area contributed by atoms with Gasteiger partial charge in [-0.1, -0.05) is 36.4 Å². The monoisotopic (exact) mass is 436 g/mol. The van der Waals surface area contributed by atoms with Gasteiger partial charge in [0.25, 0.3) is 0 Å². The summed E-state index contributed by atoms with van der Waals surface area (Å²) < 4.78 is 101. The first-order valence-corrected chi connectivity index (χ1v) is 9.36. The van der Waals surface area contributed by atoms with Crippen molar-refractivity contribution in [1.29, 1.82) is 0 Å². The van der Waals surface area contributed by atoms with Crippen LogP contribution in [-0.2, 0) is 0 Å². The zero-order valence-corrected chi connectivity index (χ0v) is 16.2. The van der Waals surface area contributed by atoms with Crippen molar-refractivity contribution in [1.82, 2.24) is 0 Å². The molecule has 0 radical (unpaired) electrons. The zero-order valence-electron chi connectivity index (χ0n) is 16.2. The van der Waals surface area contributed by atoms with Gasteiger partial charge < -0.3 is 8.83 Å². The summed E-state index contributed by atoms with van der Waals surface area (Å²) in [5, 5.41) is 0.0947. The fraction of sp³-hybridized carbons (Fsp3) is 0.217. The number of benzene rings is 2. The Hall–Kier alpha value is -3.16. The Morgan fingerprint density at radius 2 is 0.935 bits per heavy atom. The highest BCUT2D eigenvalue weighted by molar-refractivity contribution is 6.11. The largest absolute Gasteiger partial charge is 0.461 e. The van der Waals surface area contributed by atoms with Gasteiger partial charge in [0.1, 0.15) is 22.7 Å². The van der Waals surface area contributed by atoms with Crippen LogP contribution in [-0.4, -0.2) is 17.8 Å². The summed E-state index contributed by atoms with van der Waals surface area (Å²) in [6.45, 7) is 2.57. The predicted octanol–water partition coefficient (Wildman–Crippen LogP) is 7.63. The van der Waals surface area contributed by atoms with Gasteiger partial charge in [-0.25, -0.2) is 0 Å². The van der Waals surface area contributed by atoms with Gasteiger partial charge in [0.05, 0.1) is 0 Å². The third kappa shape index (κ3) is 2.30. The van der Waals surface area contributed by atoms with Crippen molar-refractivity contribution in [2.75, 3.05) is 0 Å². The zero-order chi connectivity index (χ0) is 22.3. The first-order chi connectivity index (χ1) is 14.5. The summed E-state index contributed by atoms with van der Waals surface area (Å²) in [5.74, 6) is -16.3. The first kappa shape index (κ1) is 19.8. The van der Waals surface area contributed by atoms with Crippen LogP contribution in [0.5, 0.6) is 0 Å². The molecule has 4 aromatic rings. The average molecular weight is 436 g/mol. The second-order valence-corrected chi connectivity index (χ2v) is 7.53. The van der Waals surface area contributed by atoms with E-state index in [0.717, 1.165) is 0 Å². The summed E-state index contributed by atoms with van der Waals surface area (Å²) in [7, 11) is 0. The Morgan fingerprint density at radius 3 is 1.32 bits per heavy atom. The van der Waals surface area contributed by atoms with Gasteiger partial charge in [0, 0.05) is 33.0 Å². The topological polar surface area (TPSA) is 26.3 Å². The van der Waals surface area contributed by atoms with Crippen LogP contribution in [0.2, 0.25) is 0 Å². The van der Waals surface area contributed by atoms with Crippen LogP contribution in [0.25, 0.3) is 33.1 Å². The van der Waals surface area contributed by atoms with Gasteiger partial charge in [0.15, 0.2) is 0 Å². The molecule has 1 aliphatic rings. The van der Waals surface area contributed by atoms with Crippen molar-refractivity contribution in [3.63, 3.8) is 0 Å². The second kappa shape index (κ2) is 5.96. The van der Waals surface area contributed by atoms with Crippen LogP contribution in [0.15, 0.2) is 57.4 Å². The second-order valence-electron chi connectivity index (χ2n) is 7.53. The maximum absolute atomic E-state index is 15.2. The number of alkyl halides is 6. The minimum atomic E-state index is -5.65. The maximum atomic E-state index is 15.2. The quantitative estimate of drug-likeness (QED) is 0.302. The van der Waals surface area contributed by atoms with Gasteiger partial charge in [-0.2, -0.15) is 26.3 Å². The van der Waals surface area contributed by atoms with E-state index in [-0.39, 0.29) is 33.5 Å². The molecule has 1 aliphatic carbocycles. The number of aryl methyl sites for hydroxylation is 2. The highest BCUT2D eigenvalue weighted by Gasteiger charge is 2.80. The molecule has 2 heterocycles. The van der Waals surface area contributed by atoms with Crippen molar-refractivity contribution in [2.45, 2.75) is 31.6 Å². The average Bonchev–Trinajstić information content (AvgIpc) is 3.23. The standard InChI is InChI=1S/C23H14F6O2/c1-11-17(13-7-3-5-9-15(13)30-11)19-20(22(26,27)23(28,29)21(19,24)25)18-12(2)31-16-10-6-4-8-14(16)18/h3-10H,1-2H3. The molecule has 0 saturated heterocycles. The summed E-state index contributed by atoms with van der Waals surface area (Å²) in [6.07, 6.45) is 0. The Bertz CT molecular complexity index is 1290. The van der Waals surface area contributed by atoms with Gasteiger partial charge in [-0.15, -0.1) is 0 Å². The normalized spacial score (nSPS) is 19.6. The molecule has 0 fully saturated rings. The Labute approximate surface area is 171 Å². The fourth-order valence-corrected chi connectivity index (χ4v) is 4.35. The molecule has 0 aliphatic heterocycles. The molecule has 31 heavy (non-hydrogen) atoms. The lowest BCUT2D eigenvalue weighted by Gasteiger charge is -2.25. The summed E-state index contributed by atoms with van der Waals surface area (Å²) in [6, 6.07) is 11.8. The van der Waals surface area contributed by atoms with Crippen LogP contribution in [0.4, 0.5) is 26.3 Å². The lowest BCUT2D eigenvalue weighted by Crippen LogP contribution is -2.49. The van der Waals surface area contributed by atoms with Crippen molar-refractivity contribution in [3.8, 4) is 0 Å². The minimum absolute atomic E-state index is 0.0473. The number of rotatable bonds is 2. The summed E-state index contributed by atoms with van der Waals surface area (Å²) in [4.78, 5) is 0.